The predicted molar refractivity (Wildman–Crippen MR) is 161 cm³/mol. The van der Waals surface area contributed by atoms with E-state index in [1.807, 2.05) is 6.07 Å². The summed E-state index contributed by atoms with van der Waals surface area (Å²) < 4.78 is 5.20. The molecule has 0 heterocycles. The van der Waals surface area contributed by atoms with Crippen molar-refractivity contribution >= 4 is 64.3 Å². The number of hydrogen-bond donors (Lipinski definition) is 2. The Balaban J connectivity index is 1.49. The van der Waals surface area contributed by atoms with Gasteiger partial charge in [0.05, 0.1) is 17.9 Å². The molecular formula is C31H24Cl2N2O4S. The molecule has 0 unspecified atom stereocenters. The van der Waals surface area contributed by atoms with Gasteiger partial charge in [-0.15, -0.1) is 11.8 Å². The minimum atomic E-state index is -0.508. The Kier molecular flexibility index (Phi) is 10.0. The Morgan fingerprint density at radius 3 is 2.33 bits per heavy atom. The van der Waals surface area contributed by atoms with Crippen LogP contribution in [-0.2, 0) is 4.79 Å². The van der Waals surface area contributed by atoms with E-state index in [-0.39, 0.29) is 17.2 Å². The largest absolute Gasteiger partial charge is 0.497 e. The second-order valence-corrected chi connectivity index (χ2v) is 10.4. The summed E-state index contributed by atoms with van der Waals surface area (Å²) in [6.07, 6.45) is 1.59. The van der Waals surface area contributed by atoms with E-state index in [0.29, 0.717) is 38.2 Å². The number of rotatable bonds is 10. The number of carbonyl (C=O) groups is 3. The number of benzene rings is 4. The summed E-state index contributed by atoms with van der Waals surface area (Å²) in [6, 6.07) is 27.6. The normalized spacial score (nSPS) is 11.0. The first-order valence-corrected chi connectivity index (χ1v) is 13.8. The lowest BCUT2D eigenvalue weighted by Crippen LogP contribution is -2.30. The Bertz CT molecular complexity index is 1560. The second-order valence-electron chi connectivity index (χ2n) is 8.47. The van der Waals surface area contributed by atoms with Crippen molar-refractivity contribution in [2.45, 2.75) is 4.90 Å². The molecule has 0 saturated carbocycles. The molecule has 202 valence electrons. The molecule has 0 saturated heterocycles. The first kappa shape index (κ1) is 29.0. The molecule has 6 nitrogen and oxygen atoms in total. The van der Waals surface area contributed by atoms with Crippen molar-refractivity contribution < 1.29 is 19.1 Å². The maximum absolute atomic E-state index is 13.3. The van der Waals surface area contributed by atoms with Crippen LogP contribution in [0.1, 0.15) is 26.3 Å². The summed E-state index contributed by atoms with van der Waals surface area (Å²) in [4.78, 5) is 39.6. The van der Waals surface area contributed by atoms with Crippen LogP contribution in [0.4, 0.5) is 5.69 Å². The topological polar surface area (TPSA) is 84.5 Å². The van der Waals surface area contributed by atoms with E-state index in [4.69, 9.17) is 27.9 Å². The maximum Gasteiger partial charge on any atom is 0.272 e. The standard InChI is InChI=1S/C31H24Cl2N2O4S/c1-39-24-13-10-20(11-14-24)16-28(35-30(37)21-6-3-2-4-7-21)31(38)34-23-8-5-9-25(18-23)40-19-29(36)26-15-12-22(32)17-27(26)33/h2-18H,19H2,1H3,(H,34,38)(H,35,37)/b28-16-. The van der Waals surface area contributed by atoms with Crippen LogP contribution in [-0.4, -0.2) is 30.5 Å². The van der Waals surface area contributed by atoms with Crippen molar-refractivity contribution in [2.75, 3.05) is 18.2 Å². The van der Waals surface area contributed by atoms with E-state index in [1.54, 1.807) is 98.1 Å². The highest BCUT2D eigenvalue weighted by Gasteiger charge is 2.16. The van der Waals surface area contributed by atoms with Crippen LogP contribution < -0.4 is 15.4 Å². The van der Waals surface area contributed by atoms with Gasteiger partial charge >= 0.3 is 0 Å². The lowest BCUT2D eigenvalue weighted by atomic mass is 10.1. The van der Waals surface area contributed by atoms with Gasteiger partial charge in [0.1, 0.15) is 11.4 Å². The van der Waals surface area contributed by atoms with Crippen LogP contribution in [0, 0.1) is 0 Å². The molecule has 0 aromatic heterocycles. The lowest BCUT2D eigenvalue weighted by Gasteiger charge is -2.12. The van der Waals surface area contributed by atoms with Gasteiger partial charge in [-0.25, -0.2) is 0 Å². The van der Waals surface area contributed by atoms with Crippen LogP contribution in [0.5, 0.6) is 5.75 Å². The molecule has 0 spiro atoms. The smallest absolute Gasteiger partial charge is 0.272 e. The zero-order valence-corrected chi connectivity index (χ0v) is 23.6. The predicted octanol–water partition coefficient (Wildman–Crippen LogP) is 7.39. The number of ketones is 1. The number of amides is 2. The molecule has 0 radical (unpaired) electrons. The van der Waals surface area contributed by atoms with Crippen molar-refractivity contribution in [3.05, 3.63) is 129 Å². The molecule has 0 atom stereocenters. The molecule has 0 aliphatic heterocycles. The van der Waals surface area contributed by atoms with Gasteiger partial charge in [-0.3, -0.25) is 14.4 Å². The summed E-state index contributed by atoms with van der Waals surface area (Å²) in [7, 11) is 1.57. The average Bonchev–Trinajstić information content (AvgIpc) is 2.96. The average molecular weight is 592 g/mol. The summed E-state index contributed by atoms with van der Waals surface area (Å²) in [5, 5.41) is 6.31. The first-order chi connectivity index (χ1) is 19.3. The summed E-state index contributed by atoms with van der Waals surface area (Å²) in [5.74, 6) is -0.253. The molecule has 4 rings (SSSR count). The van der Waals surface area contributed by atoms with Crippen LogP contribution in [0.2, 0.25) is 10.0 Å². The van der Waals surface area contributed by atoms with E-state index in [2.05, 4.69) is 10.6 Å². The fourth-order valence-corrected chi connectivity index (χ4v) is 4.97. The Labute approximate surface area is 246 Å². The SMILES string of the molecule is COc1ccc(/C=C(\NC(=O)c2ccccc2)C(=O)Nc2cccc(SCC(=O)c3ccc(Cl)cc3Cl)c2)cc1. The third-order valence-corrected chi connectivity index (χ3v) is 7.19. The van der Waals surface area contributed by atoms with Crippen LogP contribution in [0.3, 0.4) is 0 Å². The highest BCUT2D eigenvalue weighted by molar-refractivity contribution is 8.00. The van der Waals surface area contributed by atoms with Gasteiger partial charge in [0.2, 0.25) is 0 Å². The molecule has 0 aliphatic carbocycles. The van der Waals surface area contributed by atoms with Crippen molar-refractivity contribution in [3.63, 3.8) is 0 Å². The van der Waals surface area contributed by atoms with E-state index >= 15 is 0 Å². The number of carbonyl (C=O) groups excluding carboxylic acids is 3. The van der Waals surface area contributed by atoms with Gasteiger partial charge < -0.3 is 15.4 Å². The molecule has 0 bridgehead atoms. The number of anilines is 1. The van der Waals surface area contributed by atoms with Gasteiger partial charge in [0, 0.05) is 26.7 Å². The number of methoxy groups -OCH3 is 1. The molecule has 2 amide bonds. The van der Waals surface area contributed by atoms with Gasteiger partial charge in [0.25, 0.3) is 11.8 Å². The molecule has 2 N–H and O–H groups in total. The van der Waals surface area contributed by atoms with Gasteiger partial charge in [-0.1, -0.05) is 59.6 Å². The molecule has 0 fully saturated rings. The van der Waals surface area contributed by atoms with Crippen molar-refractivity contribution in [3.8, 4) is 5.75 Å². The monoisotopic (exact) mass is 590 g/mol. The van der Waals surface area contributed by atoms with E-state index in [9.17, 15) is 14.4 Å². The fourth-order valence-electron chi connectivity index (χ4n) is 3.61. The number of halogens is 2. The molecule has 9 heteroatoms. The summed E-state index contributed by atoms with van der Waals surface area (Å²) >= 11 is 13.4. The third kappa shape index (κ3) is 7.99. The summed E-state index contributed by atoms with van der Waals surface area (Å²) in [5.41, 5.74) is 2.07. The van der Waals surface area contributed by atoms with Crippen molar-refractivity contribution in [1.29, 1.82) is 0 Å². The zero-order chi connectivity index (χ0) is 28.5. The lowest BCUT2D eigenvalue weighted by molar-refractivity contribution is -0.113. The van der Waals surface area contributed by atoms with Gasteiger partial charge in [-0.2, -0.15) is 0 Å². The highest BCUT2D eigenvalue weighted by atomic mass is 35.5. The minimum absolute atomic E-state index is 0.0598. The zero-order valence-electron chi connectivity index (χ0n) is 21.3. The first-order valence-electron chi connectivity index (χ1n) is 12.1. The third-order valence-electron chi connectivity index (χ3n) is 5.65. The number of hydrogen-bond acceptors (Lipinski definition) is 5. The highest BCUT2D eigenvalue weighted by Crippen LogP contribution is 2.26. The molecule has 40 heavy (non-hydrogen) atoms. The van der Waals surface area contributed by atoms with E-state index in [1.165, 1.54) is 17.8 Å². The van der Waals surface area contributed by atoms with Crippen LogP contribution in [0.15, 0.2) is 108 Å². The summed E-state index contributed by atoms with van der Waals surface area (Å²) in [6.45, 7) is 0. The quantitative estimate of drug-likeness (QED) is 0.114. The second kappa shape index (κ2) is 13.8. The molecule has 0 aliphatic rings. The number of ether oxygens (including phenoxy) is 1. The maximum atomic E-state index is 13.3. The molecule has 4 aromatic carbocycles. The molecule has 4 aromatic rings. The number of thioether (sulfide) groups is 1. The van der Waals surface area contributed by atoms with Gasteiger partial charge in [-0.05, 0) is 72.3 Å². The Morgan fingerprint density at radius 2 is 1.62 bits per heavy atom. The van der Waals surface area contributed by atoms with Gasteiger partial charge in [0.15, 0.2) is 5.78 Å². The van der Waals surface area contributed by atoms with Crippen molar-refractivity contribution in [1.82, 2.24) is 5.32 Å². The number of Topliss-reactive ketones (excluding diaryl/α,β-unsaturated/α-hetero) is 1. The van der Waals surface area contributed by atoms with Crippen LogP contribution in [0.25, 0.3) is 6.08 Å². The molecular weight excluding hydrogens is 567 g/mol. The van der Waals surface area contributed by atoms with Crippen LogP contribution >= 0.6 is 35.0 Å². The van der Waals surface area contributed by atoms with E-state index < -0.39 is 11.8 Å². The Hall–Kier alpha value is -4.04. The Morgan fingerprint density at radius 1 is 0.875 bits per heavy atom. The van der Waals surface area contributed by atoms with Crippen molar-refractivity contribution in [2.24, 2.45) is 0 Å². The minimum Gasteiger partial charge on any atom is -0.497 e. The fraction of sp³-hybridized carbons (Fsp3) is 0.0645. The van der Waals surface area contributed by atoms with E-state index in [0.717, 1.165) is 4.90 Å². The number of nitrogens with one attached hydrogen (secondary N) is 2.